The molecule has 0 unspecified atom stereocenters. The third-order valence-electron chi connectivity index (χ3n) is 4.02. The van der Waals surface area contributed by atoms with E-state index in [1.54, 1.807) is 0 Å². The second-order valence-electron chi connectivity index (χ2n) is 5.26. The van der Waals surface area contributed by atoms with E-state index in [0.29, 0.717) is 6.54 Å². The van der Waals surface area contributed by atoms with Crippen molar-refractivity contribution >= 4 is 5.78 Å². The van der Waals surface area contributed by atoms with Crippen LogP contribution in [-0.2, 0) is 5.41 Å². The minimum atomic E-state index is 0.0790. The Hall–Kier alpha value is -1.93. The van der Waals surface area contributed by atoms with Crippen molar-refractivity contribution in [2.45, 2.75) is 18.3 Å². The molecule has 1 saturated carbocycles. The van der Waals surface area contributed by atoms with Gasteiger partial charge in [-0.1, -0.05) is 48.5 Å². The van der Waals surface area contributed by atoms with Gasteiger partial charge in [-0.15, -0.1) is 0 Å². The quantitative estimate of drug-likeness (QED) is 0.849. The molecule has 2 heteroatoms. The summed E-state index contributed by atoms with van der Waals surface area (Å²) in [5, 5.41) is 0. The highest BCUT2D eigenvalue weighted by atomic mass is 16.1. The Morgan fingerprint density at radius 1 is 1.00 bits per heavy atom. The fourth-order valence-electron chi connectivity index (χ4n) is 2.51. The number of hydrogen-bond acceptors (Lipinski definition) is 2. The van der Waals surface area contributed by atoms with Crippen LogP contribution in [0.15, 0.2) is 54.6 Å². The van der Waals surface area contributed by atoms with Crippen molar-refractivity contribution in [2.24, 2.45) is 5.73 Å². The molecule has 2 aromatic rings. The van der Waals surface area contributed by atoms with Crippen LogP contribution >= 0.6 is 0 Å². The summed E-state index contributed by atoms with van der Waals surface area (Å²) in [5.41, 5.74) is 8.68. The number of benzene rings is 2. The Morgan fingerprint density at radius 3 is 2.32 bits per heavy atom. The van der Waals surface area contributed by atoms with Gasteiger partial charge in [-0.2, -0.15) is 0 Å². The zero-order chi connectivity index (χ0) is 13.3. The molecule has 1 aliphatic rings. The van der Waals surface area contributed by atoms with E-state index >= 15 is 0 Å². The van der Waals surface area contributed by atoms with Crippen molar-refractivity contribution < 1.29 is 4.79 Å². The van der Waals surface area contributed by atoms with Gasteiger partial charge in [0.1, 0.15) is 0 Å². The van der Waals surface area contributed by atoms with Gasteiger partial charge in [0.25, 0.3) is 0 Å². The van der Waals surface area contributed by atoms with Crippen LogP contribution in [0.2, 0.25) is 0 Å². The Balaban J connectivity index is 1.94. The van der Waals surface area contributed by atoms with Gasteiger partial charge in [0.2, 0.25) is 0 Å². The summed E-state index contributed by atoms with van der Waals surface area (Å²) >= 11 is 0. The van der Waals surface area contributed by atoms with Gasteiger partial charge >= 0.3 is 0 Å². The first kappa shape index (κ1) is 12.1. The van der Waals surface area contributed by atoms with Crippen LogP contribution in [0, 0.1) is 0 Å². The summed E-state index contributed by atoms with van der Waals surface area (Å²) in [6.07, 6.45) is 2.26. The number of carbonyl (C=O) groups excluding carboxylic acids is 1. The zero-order valence-corrected chi connectivity index (χ0v) is 10.8. The molecule has 1 fully saturated rings. The molecule has 0 radical (unpaired) electrons. The van der Waals surface area contributed by atoms with E-state index in [-0.39, 0.29) is 11.2 Å². The van der Waals surface area contributed by atoms with E-state index < -0.39 is 0 Å². The van der Waals surface area contributed by atoms with Crippen LogP contribution in [0.1, 0.15) is 34.3 Å². The molecule has 96 valence electrons. The van der Waals surface area contributed by atoms with E-state index in [1.807, 2.05) is 48.5 Å². The predicted molar refractivity (Wildman–Crippen MR) is 76.3 cm³/mol. The molecular weight excluding hydrogens is 234 g/mol. The molecule has 0 atom stereocenters. The number of carbonyl (C=O) groups is 1. The summed E-state index contributed by atoms with van der Waals surface area (Å²) in [7, 11) is 0. The highest BCUT2D eigenvalue weighted by Gasteiger charge is 2.42. The minimum absolute atomic E-state index is 0.0790. The number of rotatable bonds is 4. The lowest BCUT2D eigenvalue weighted by atomic mass is 9.92. The lowest BCUT2D eigenvalue weighted by Gasteiger charge is -2.13. The van der Waals surface area contributed by atoms with Crippen LogP contribution in [-0.4, -0.2) is 12.3 Å². The molecule has 3 rings (SSSR count). The van der Waals surface area contributed by atoms with Gasteiger partial charge in [0.15, 0.2) is 5.78 Å². The van der Waals surface area contributed by atoms with Gasteiger partial charge in [0, 0.05) is 23.1 Å². The van der Waals surface area contributed by atoms with Crippen molar-refractivity contribution in [3.63, 3.8) is 0 Å². The predicted octanol–water partition coefficient (Wildman–Crippen LogP) is 2.91. The zero-order valence-electron chi connectivity index (χ0n) is 10.8. The Labute approximate surface area is 113 Å². The molecule has 0 aliphatic heterocycles. The van der Waals surface area contributed by atoms with Crippen molar-refractivity contribution in [2.75, 3.05) is 6.54 Å². The van der Waals surface area contributed by atoms with E-state index in [4.69, 9.17) is 5.73 Å². The lowest BCUT2D eigenvalue weighted by molar-refractivity contribution is 0.103. The van der Waals surface area contributed by atoms with Crippen molar-refractivity contribution in [3.05, 3.63) is 71.3 Å². The second-order valence-corrected chi connectivity index (χ2v) is 5.26. The summed E-state index contributed by atoms with van der Waals surface area (Å²) in [4.78, 5) is 12.4. The van der Waals surface area contributed by atoms with E-state index in [2.05, 4.69) is 6.07 Å². The highest BCUT2D eigenvalue weighted by molar-refractivity contribution is 6.09. The molecule has 2 aromatic carbocycles. The maximum absolute atomic E-state index is 12.4. The van der Waals surface area contributed by atoms with Gasteiger partial charge in [-0.05, 0) is 24.5 Å². The van der Waals surface area contributed by atoms with Crippen molar-refractivity contribution in [3.8, 4) is 0 Å². The first-order chi connectivity index (χ1) is 9.25. The third-order valence-corrected chi connectivity index (χ3v) is 4.02. The molecule has 0 heterocycles. The van der Waals surface area contributed by atoms with Gasteiger partial charge in [0.05, 0.1) is 0 Å². The molecule has 2 N–H and O–H groups in total. The van der Waals surface area contributed by atoms with Crippen molar-refractivity contribution in [1.82, 2.24) is 0 Å². The average molecular weight is 251 g/mol. The lowest BCUT2D eigenvalue weighted by Crippen LogP contribution is -2.20. The smallest absolute Gasteiger partial charge is 0.193 e. The van der Waals surface area contributed by atoms with Gasteiger partial charge < -0.3 is 5.73 Å². The summed E-state index contributed by atoms with van der Waals surface area (Å²) < 4.78 is 0. The fourth-order valence-corrected chi connectivity index (χ4v) is 2.51. The Bertz CT molecular complexity index is 600. The SMILES string of the molecule is NCC1(c2cccc(C(=O)c3ccccc3)c2)CC1. The molecule has 0 bridgehead atoms. The standard InChI is InChI=1S/C17H17NO/c18-12-17(9-10-17)15-8-4-7-14(11-15)16(19)13-5-2-1-3-6-13/h1-8,11H,9-10,12,18H2. The van der Waals surface area contributed by atoms with E-state index in [1.165, 1.54) is 5.56 Å². The topological polar surface area (TPSA) is 43.1 Å². The van der Waals surface area contributed by atoms with E-state index in [0.717, 1.165) is 24.0 Å². The Morgan fingerprint density at radius 2 is 1.68 bits per heavy atom. The highest BCUT2D eigenvalue weighted by Crippen LogP contribution is 2.47. The van der Waals surface area contributed by atoms with Gasteiger partial charge in [-0.3, -0.25) is 4.79 Å². The van der Waals surface area contributed by atoms with Crippen LogP contribution in [0.3, 0.4) is 0 Å². The van der Waals surface area contributed by atoms with Crippen LogP contribution in [0.5, 0.6) is 0 Å². The molecular formula is C17H17NO. The maximum atomic E-state index is 12.4. The summed E-state index contributed by atoms with van der Waals surface area (Å²) in [5.74, 6) is 0.0790. The first-order valence-electron chi connectivity index (χ1n) is 6.66. The second kappa shape index (κ2) is 4.63. The Kier molecular flexibility index (Phi) is 2.96. The molecule has 2 nitrogen and oxygen atoms in total. The first-order valence-corrected chi connectivity index (χ1v) is 6.66. The number of hydrogen-bond donors (Lipinski definition) is 1. The molecule has 1 aliphatic carbocycles. The summed E-state index contributed by atoms with van der Waals surface area (Å²) in [6.45, 7) is 0.663. The minimum Gasteiger partial charge on any atom is -0.330 e. The maximum Gasteiger partial charge on any atom is 0.193 e. The summed E-state index contributed by atoms with van der Waals surface area (Å²) in [6, 6.07) is 17.3. The molecule has 0 saturated heterocycles. The number of nitrogens with two attached hydrogens (primary N) is 1. The van der Waals surface area contributed by atoms with Gasteiger partial charge in [-0.25, -0.2) is 0 Å². The monoisotopic (exact) mass is 251 g/mol. The van der Waals surface area contributed by atoms with Crippen LogP contribution < -0.4 is 5.73 Å². The molecule has 0 aromatic heterocycles. The normalized spacial score (nSPS) is 16.1. The van der Waals surface area contributed by atoms with Crippen molar-refractivity contribution in [1.29, 1.82) is 0 Å². The largest absolute Gasteiger partial charge is 0.330 e. The number of ketones is 1. The third kappa shape index (κ3) is 2.20. The van der Waals surface area contributed by atoms with Crippen LogP contribution in [0.4, 0.5) is 0 Å². The molecule has 19 heavy (non-hydrogen) atoms. The average Bonchev–Trinajstić information content (AvgIpc) is 3.29. The molecule has 0 amide bonds. The van der Waals surface area contributed by atoms with Crippen LogP contribution in [0.25, 0.3) is 0 Å². The fraction of sp³-hybridized carbons (Fsp3) is 0.235. The molecule has 0 spiro atoms. The van der Waals surface area contributed by atoms with E-state index in [9.17, 15) is 4.79 Å².